The Kier molecular flexibility index (Phi) is 5.49. The molecule has 5 nitrogen and oxygen atoms in total. The Labute approximate surface area is 130 Å². The number of carbonyl (C=O) groups is 1. The Hall–Kier alpha value is -2.40. The van der Waals surface area contributed by atoms with Crippen LogP contribution in [0.2, 0.25) is 0 Å². The van der Waals surface area contributed by atoms with E-state index in [0.717, 1.165) is 17.9 Å². The quantitative estimate of drug-likeness (QED) is 0.852. The number of aromatic nitrogens is 1. The van der Waals surface area contributed by atoms with Crippen molar-refractivity contribution < 1.29 is 9.90 Å². The van der Waals surface area contributed by atoms with Gasteiger partial charge in [-0.05, 0) is 18.6 Å². The van der Waals surface area contributed by atoms with E-state index in [2.05, 4.69) is 22.4 Å². The highest BCUT2D eigenvalue weighted by atomic mass is 16.3. The Morgan fingerprint density at radius 1 is 1.27 bits per heavy atom. The van der Waals surface area contributed by atoms with E-state index in [0.29, 0.717) is 6.54 Å². The van der Waals surface area contributed by atoms with Crippen LogP contribution in [0.5, 0.6) is 0 Å². The summed E-state index contributed by atoms with van der Waals surface area (Å²) < 4.78 is 0. The van der Waals surface area contributed by atoms with Crippen molar-refractivity contribution in [3.05, 3.63) is 59.8 Å². The molecule has 0 unspecified atom stereocenters. The average Bonchev–Trinajstić information content (AvgIpc) is 2.53. The molecule has 2 rings (SSSR count). The Bertz CT molecular complexity index is 614. The summed E-state index contributed by atoms with van der Waals surface area (Å²) in [5, 5.41) is 11.9. The first-order valence-corrected chi connectivity index (χ1v) is 7.22. The number of amides is 1. The van der Waals surface area contributed by atoms with E-state index < -0.39 is 6.10 Å². The number of anilines is 1. The van der Waals surface area contributed by atoms with Gasteiger partial charge in [-0.1, -0.05) is 36.4 Å². The standard InChI is InChI=1S/C17H21N3O2/c1-13(21)17(22)19-11-15-9-6-10-18-16(15)20(2)12-14-7-4-3-5-8-14/h3-10,13,21H,11-12H2,1-2H3,(H,19,22)/t13-/m1/s1. The van der Waals surface area contributed by atoms with Crippen LogP contribution in [0, 0.1) is 0 Å². The normalized spacial score (nSPS) is 11.8. The molecular formula is C17H21N3O2. The molecule has 1 aromatic carbocycles. The molecule has 1 atom stereocenters. The van der Waals surface area contributed by atoms with E-state index in [9.17, 15) is 9.90 Å². The van der Waals surface area contributed by atoms with E-state index in [1.165, 1.54) is 12.5 Å². The fraction of sp³-hybridized carbons (Fsp3) is 0.294. The maximum Gasteiger partial charge on any atom is 0.248 e. The van der Waals surface area contributed by atoms with Crippen molar-refractivity contribution in [2.75, 3.05) is 11.9 Å². The fourth-order valence-electron chi connectivity index (χ4n) is 2.17. The molecule has 0 aliphatic heterocycles. The SMILES string of the molecule is C[C@@H](O)C(=O)NCc1cccnc1N(C)Cc1ccccc1. The van der Waals surface area contributed by atoms with Crippen LogP contribution >= 0.6 is 0 Å². The molecule has 0 aliphatic carbocycles. The lowest BCUT2D eigenvalue weighted by Gasteiger charge is -2.21. The zero-order chi connectivity index (χ0) is 15.9. The van der Waals surface area contributed by atoms with Crippen LogP contribution in [-0.4, -0.2) is 29.1 Å². The van der Waals surface area contributed by atoms with Gasteiger partial charge in [0.1, 0.15) is 11.9 Å². The van der Waals surface area contributed by atoms with Gasteiger partial charge in [-0.25, -0.2) is 4.98 Å². The number of aliphatic hydroxyl groups is 1. The van der Waals surface area contributed by atoms with Crippen LogP contribution in [-0.2, 0) is 17.9 Å². The van der Waals surface area contributed by atoms with Crippen molar-refractivity contribution in [3.8, 4) is 0 Å². The maximum absolute atomic E-state index is 11.5. The third-order valence-corrected chi connectivity index (χ3v) is 3.32. The monoisotopic (exact) mass is 299 g/mol. The average molecular weight is 299 g/mol. The van der Waals surface area contributed by atoms with Gasteiger partial charge >= 0.3 is 0 Å². The first-order chi connectivity index (χ1) is 10.6. The van der Waals surface area contributed by atoms with Crippen LogP contribution in [0.1, 0.15) is 18.1 Å². The second kappa shape index (κ2) is 7.56. The summed E-state index contributed by atoms with van der Waals surface area (Å²) in [6.07, 6.45) is 0.721. The van der Waals surface area contributed by atoms with Crippen molar-refractivity contribution >= 4 is 11.7 Å². The molecule has 5 heteroatoms. The summed E-state index contributed by atoms with van der Waals surface area (Å²) in [6, 6.07) is 13.9. The first kappa shape index (κ1) is 16.0. The lowest BCUT2D eigenvalue weighted by Crippen LogP contribution is -2.32. The second-order valence-electron chi connectivity index (χ2n) is 5.22. The summed E-state index contributed by atoms with van der Waals surface area (Å²) in [4.78, 5) is 17.9. The van der Waals surface area contributed by atoms with Crippen LogP contribution in [0.25, 0.3) is 0 Å². The van der Waals surface area contributed by atoms with Gasteiger partial charge in [0.25, 0.3) is 0 Å². The van der Waals surface area contributed by atoms with Gasteiger partial charge in [0.2, 0.25) is 5.91 Å². The highest BCUT2D eigenvalue weighted by Gasteiger charge is 2.12. The Morgan fingerprint density at radius 2 is 2.00 bits per heavy atom. The largest absolute Gasteiger partial charge is 0.384 e. The van der Waals surface area contributed by atoms with Crippen LogP contribution in [0.3, 0.4) is 0 Å². The molecule has 0 saturated carbocycles. The molecule has 0 bridgehead atoms. The third kappa shape index (κ3) is 4.30. The smallest absolute Gasteiger partial charge is 0.248 e. The molecule has 22 heavy (non-hydrogen) atoms. The molecular weight excluding hydrogens is 278 g/mol. The van der Waals surface area contributed by atoms with Crippen LogP contribution in [0.15, 0.2) is 48.7 Å². The number of carbonyl (C=O) groups excluding carboxylic acids is 1. The molecule has 0 aliphatic rings. The molecule has 0 fully saturated rings. The second-order valence-corrected chi connectivity index (χ2v) is 5.22. The van der Waals surface area contributed by atoms with Gasteiger partial charge in [0.15, 0.2) is 0 Å². The van der Waals surface area contributed by atoms with Gasteiger partial charge in [0.05, 0.1) is 0 Å². The number of pyridine rings is 1. The molecule has 2 aromatic rings. The number of rotatable bonds is 6. The molecule has 1 heterocycles. The number of nitrogens with one attached hydrogen (secondary N) is 1. The van der Waals surface area contributed by atoms with E-state index in [-0.39, 0.29) is 5.91 Å². The summed E-state index contributed by atoms with van der Waals surface area (Å²) >= 11 is 0. The summed E-state index contributed by atoms with van der Waals surface area (Å²) in [6.45, 7) is 2.52. The molecule has 1 amide bonds. The number of nitrogens with zero attached hydrogens (tertiary/aromatic N) is 2. The Balaban J connectivity index is 2.08. The van der Waals surface area contributed by atoms with Gasteiger partial charge in [-0.2, -0.15) is 0 Å². The minimum Gasteiger partial charge on any atom is -0.384 e. The van der Waals surface area contributed by atoms with Crippen molar-refractivity contribution in [1.82, 2.24) is 10.3 Å². The molecule has 2 N–H and O–H groups in total. The van der Waals surface area contributed by atoms with Crippen LogP contribution < -0.4 is 10.2 Å². The van der Waals surface area contributed by atoms with Gasteiger partial charge in [-0.15, -0.1) is 0 Å². The lowest BCUT2D eigenvalue weighted by molar-refractivity contribution is -0.128. The predicted octanol–water partition coefficient (Wildman–Crippen LogP) is 1.71. The summed E-state index contributed by atoms with van der Waals surface area (Å²) in [5.41, 5.74) is 2.10. The zero-order valence-electron chi connectivity index (χ0n) is 12.9. The van der Waals surface area contributed by atoms with Gasteiger partial charge in [-0.3, -0.25) is 4.79 Å². The van der Waals surface area contributed by atoms with Crippen molar-refractivity contribution in [2.24, 2.45) is 0 Å². The first-order valence-electron chi connectivity index (χ1n) is 7.22. The molecule has 0 saturated heterocycles. The molecule has 0 radical (unpaired) electrons. The summed E-state index contributed by atoms with van der Waals surface area (Å²) in [5.74, 6) is 0.428. The predicted molar refractivity (Wildman–Crippen MR) is 86.3 cm³/mol. The van der Waals surface area contributed by atoms with Gasteiger partial charge in [0, 0.05) is 31.9 Å². The van der Waals surface area contributed by atoms with E-state index in [4.69, 9.17) is 0 Å². The van der Waals surface area contributed by atoms with Gasteiger partial charge < -0.3 is 15.3 Å². The minimum atomic E-state index is -1.01. The number of hydrogen-bond acceptors (Lipinski definition) is 4. The van der Waals surface area contributed by atoms with E-state index >= 15 is 0 Å². The van der Waals surface area contributed by atoms with Crippen molar-refractivity contribution in [3.63, 3.8) is 0 Å². The number of benzene rings is 1. The lowest BCUT2D eigenvalue weighted by atomic mass is 10.2. The molecule has 0 spiro atoms. The van der Waals surface area contributed by atoms with Crippen molar-refractivity contribution in [1.29, 1.82) is 0 Å². The van der Waals surface area contributed by atoms with Crippen molar-refractivity contribution in [2.45, 2.75) is 26.1 Å². The number of aliphatic hydroxyl groups excluding tert-OH is 1. The molecule has 116 valence electrons. The third-order valence-electron chi connectivity index (χ3n) is 3.32. The number of hydrogen-bond donors (Lipinski definition) is 2. The highest BCUT2D eigenvalue weighted by Crippen LogP contribution is 2.18. The Morgan fingerprint density at radius 3 is 2.68 bits per heavy atom. The highest BCUT2D eigenvalue weighted by molar-refractivity contribution is 5.80. The van der Waals surface area contributed by atoms with Crippen LogP contribution in [0.4, 0.5) is 5.82 Å². The molecule has 1 aromatic heterocycles. The maximum atomic E-state index is 11.5. The minimum absolute atomic E-state index is 0.339. The topological polar surface area (TPSA) is 65.5 Å². The fourth-order valence-corrected chi connectivity index (χ4v) is 2.17. The summed E-state index contributed by atoms with van der Waals surface area (Å²) in [7, 11) is 1.97. The zero-order valence-corrected chi connectivity index (χ0v) is 12.9. The van der Waals surface area contributed by atoms with E-state index in [1.54, 1.807) is 6.20 Å². The van der Waals surface area contributed by atoms with E-state index in [1.807, 2.05) is 42.3 Å².